The van der Waals surface area contributed by atoms with E-state index in [0.717, 1.165) is 18.2 Å². The molecule has 1 atom stereocenters. The molecule has 1 aliphatic heterocycles. The van der Waals surface area contributed by atoms with Gasteiger partial charge in [0.15, 0.2) is 5.11 Å². The summed E-state index contributed by atoms with van der Waals surface area (Å²) >= 11 is 5.18. The smallest absolute Gasteiger partial charge is 0.308 e. The molecule has 0 bridgehead atoms. The van der Waals surface area contributed by atoms with E-state index in [1.807, 2.05) is 0 Å². The van der Waals surface area contributed by atoms with E-state index in [0.29, 0.717) is 0 Å². The van der Waals surface area contributed by atoms with E-state index in [2.05, 4.69) is 10.6 Å². The van der Waals surface area contributed by atoms with Crippen LogP contribution in [0, 0.1) is 20.2 Å². The number of carbonyl (C=O) groups excluding carboxylic acids is 3. The maximum atomic E-state index is 12.5. The van der Waals surface area contributed by atoms with E-state index in [9.17, 15) is 34.6 Å². The number of nitro benzene ring substituents is 2. The second-order valence-electron chi connectivity index (χ2n) is 6.75. The maximum Gasteiger partial charge on any atom is 0.308 e. The van der Waals surface area contributed by atoms with E-state index in [4.69, 9.17) is 17.0 Å². The van der Waals surface area contributed by atoms with Crippen molar-refractivity contribution < 1.29 is 29.0 Å². The summed E-state index contributed by atoms with van der Waals surface area (Å²) < 4.78 is 5.05. The van der Waals surface area contributed by atoms with Gasteiger partial charge in [-0.25, -0.2) is 0 Å². The second-order valence-corrected chi connectivity index (χ2v) is 7.14. The molecule has 2 N–H and O–H groups in total. The van der Waals surface area contributed by atoms with Gasteiger partial charge >= 0.3 is 5.97 Å². The molecule has 14 heteroatoms. The van der Waals surface area contributed by atoms with Crippen molar-refractivity contribution in [3.05, 3.63) is 44.0 Å². The number of ether oxygens (including phenoxy) is 1. The Kier molecular flexibility index (Phi) is 7.52. The zero-order valence-electron chi connectivity index (χ0n) is 16.5. The largest absolute Gasteiger partial charge is 0.463 e. The fourth-order valence-corrected chi connectivity index (χ4v) is 3.12. The number of benzene rings is 1. The predicted molar refractivity (Wildman–Crippen MR) is 109 cm³/mol. The van der Waals surface area contributed by atoms with Crippen molar-refractivity contribution in [1.29, 1.82) is 0 Å². The highest BCUT2D eigenvalue weighted by molar-refractivity contribution is 7.80. The molecule has 0 saturated carbocycles. The van der Waals surface area contributed by atoms with Gasteiger partial charge in [0, 0.05) is 25.2 Å². The quantitative estimate of drug-likeness (QED) is 0.269. The first-order chi connectivity index (χ1) is 14.5. The highest BCUT2D eigenvalue weighted by Crippen LogP contribution is 2.23. The molecule has 1 aromatic rings. The monoisotopic (exact) mass is 453 g/mol. The summed E-state index contributed by atoms with van der Waals surface area (Å²) in [7, 11) is 0. The summed E-state index contributed by atoms with van der Waals surface area (Å²) in [5.41, 5.74) is -1.64. The summed E-state index contributed by atoms with van der Waals surface area (Å²) in [6.45, 7) is 3.69. The zero-order valence-corrected chi connectivity index (χ0v) is 17.3. The Labute approximate surface area is 181 Å². The molecule has 2 amide bonds. The predicted octanol–water partition coefficient (Wildman–Crippen LogP) is 0.660. The van der Waals surface area contributed by atoms with E-state index in [1.54, 1.807) is 13.8 Å². The molecule has 166 valence electrons. The fourth-order valence-electron chi connectivity index (χ4n) is 2.81. The SMILES string of the molecule is CC(C)OC(=O)CC1C(=O)NCCN1C(=S)NC(=O)c1cc([N+](=O)[O-])cc([N+](=O)[O-])c1. The van der Waals surface area contributed by atoms with Gasteiger partial charge in [0.2, 0.25) is 5.91 Å². The van der Waals surface area contributed by atoms with Crippen LogP contribution in [0.4, 0.5) is 11.4 Å². The molecular formula is C17H19N5O8S. The number of hydrogen-bond acceptors (Lipinski definition) is 9. The molecule has 0 aromatic heterocycles. The third kappa shape index (κ3) is 6.15. The topological polar surface area (TPSA) is 174 Å². The highest BCUT2D eigenvalue weighted by Gasteiger charge is 2.34. The van der Waals surface area contributed by atoms with E-state index < -0.39 is 45.0 Å². The number of nitrogens with one attached hydrogen (secondary N) is 2. The normalized spacial score (nSPS) is 15.8. The zero-order chi connectivity index (χ0) is 23.3. The van der Waals surface area contributed by atoms with Crippen LogP contribution in [0.1, 0.15) is 30.6 Å². The number of rotatable bonds is 6. The number of amides is 2. The summed E-state index contributed by atoms with van der Waals surface area (Å²) in [5, 5.41) is 26.7. The van der Waals surface area contributed by atoms with Gasteiger partial charge in [-0.2, -0.15) is 0 Å². The lowest BCUT2D eigenvalue weighted by molar-refractivity contribution is -0.394. The minimum absolute atomic E-state index is 0.180. The summed E-state index contributed by atoms with van der Waals surface area (Å²) in [4.78, 5) is 58.4. The molecule has 1 aromatic carbocycles. The van der Waals surface area contributed by atoms with E-state index in [-0.39, 0.29) is 36.3 Å². The lowest BCUT2D eigenvalue weighted by Gasteiger charge is -2.36. The molecule has 1 fully saturated rings. The summed E-state index contributed by atoms with van der Waals surface area (Å²) in [6.07, 6.45) is -0.702. The van der Waals surface area contributed by atoms with Crippen LogP contribution in [0.15, 0.2) is 18.2 Å². The number of piperazine rings is 1. The van der Waals surface area contributed by atoms with Gasteiger partial charge < -0.3 is 15.0 Å². The molecule has 31 heavy (non-hydrogen) atoms. The molecule has 0 aliphatic carbocycles. The van der Waals surface area contributed by atoms with Crippen molar-refractivity contribution in [2.24, 2.45) is 0 Å². The van der Waals surface area contributed by atoms with Gasteiger partial charge in [0.05, 0.1) is 34.0 Å². The number of non-ortho nitro benzene ring substituents is 2. The first kappa shape index (κ1) is 23.6. The lowest BCUT2D eigenvalue weighted by Crippen LogP contribution is -2.60. The Morgan fingerprint density at radius 3 is 2.35 bits per heavy atom. The minimum Gasteiger partial charge on any atom is -0.463 e. The molecule has 1 aliphatic rings. The molecule has 0 spiro atoms. The minimum atomic E-state index is -1.03. The molecule has 0 radical (unpaired) electrons. The van der Waals surface area contributed by atoms with Crippen molar-refractivity contribution in [3.8, 4) is 0 Å². The molecule has 2 rings (SSSR count). The Bertz CT molecular complexity index is 918. The summed E-state index contributed by atoms with van der Waals surface area (Å²) in [6, 6.07) is 1.42. The average molecular weight is 453 g/mol. The van der Waals surface area contributed by atoms with Gasteiger partial charge in [-0.3, -0.25) is 39.9 Å². The number of nitro groups is 2. The molecule has 1 saturated heterocycles. The van der Waals surface area contributed by atoms with Crippen LogP contribution < -0.4 is 10.6 Å². The Morgan fingerprint density at radius 1 is 1.26 bits per heavy atom. The fraction of sp³-hybridized carbons (Fsp3) is 0.412. The molecule has 1 heterocycles. The van der Waals surface area contributed by atoms with Gasteiger partial charge in [-0.15, -0.1) is 0 Å². The van der Waals surface area contributed by atoms with Gasteiger partial charge in [0.25, 0.3) is 17.3 Å². The maximum absolute atomic E-state index is 12.5. The Hall–Kier alpha value is -3.68. The Morgan fingerprint density at radius 2 is 1.84 bits per heavy atom. The Balaban J connectivity index is 2.21. The van der Waals surface area contributed by atoms with E-state index >= 15 is 0 Å². The number of hydrogen-bond donors (Lipinski definition) is 2. The van der Waals surface area contributed by atoms with Crippen LogP contribution in [0.2, 0.25) is 0 Å². The highest BCUT2D eigenvalue weighted by atomic mass is 32.1. The van der Waals surface area contributed by atoms with Crippen LogP contribution in [-0.2, 0) is 14.3 Å². The molecule has 1 unspecified atom stereocenters. The first-order valence-electron chi connectivity index (χ1n) is 9.02. The van der Waals surface area contributed by atoms with Crippen LogP contribution in [-0.4, -0.2) is 62.9 Å². The molecular weight excluding hydrogens is 434 g/mol. The number of esters is 1. The van der Waals surface area contributed by atoms with Crippen molar-refractivity contribution >= 4 is 46.5 Å². The van der Waals surface area contributed by atoms with Crippen molar-refractivity contribution in [2.75, 3.05) is 13.1 Å². The summed E-state index contributed by atoms with van der Waals surface area (Å²) in [5.74, 6) is -2.06. The third-order valence-electron chi connectivity index (χ3n) is 4.13. The van der Waals surface area contributed by atoms with Crippen LogP contribution >= 0.6 is 12.2 Å². The second kappa shape index (κ2) is 9.88. The van der Waals surface area contributed by atoms with Crippen LogP contribution in [0.5, 0.6) is 0 Å². The van der Waals surface area contributed by atoms with Gasteiger partial charge in [-0.1, -0.05) is 0 Å². The number of thiocarbonyl (C=S) groups is 1. The lowest BCUT2D eigenvalue weighted by atomic mass is 10.1. The number of nitrogens with zero attached hydrogens (tertiary/aromatic N) is 3. The molecule has 13 nitrogen and oxygen atoms in total. The number of carbonyl (C=O) groups is 3. The average Bonchev–Trinajstić information content (AvgIpc) is 2.68. The third-order valence-corrected chi connectivity index (χ3v) is 4.46. The van der Waals surface area contributed by atoms with Gasteiger partial charge in [0.1, 0.15) is 6.04 Å². The standard InChI is InChI=1S/C17H19N5O8S/c1-9(2)30-14(23)8-13-16(25)18-3-4-20(13)17(31)19-15(24)10-5-11(21(26)27)7-12(6-10)22(28)29/h5-7,9,13H,3-4,8H2,1-2H3,(H,18,25)(H,19,24,31). The van der Waals surface area contributed by atoms with E-state index in [1.165, 1.54) is 4.90 Å². The first-order valence-corrected chi connectivity index (χ1v) is 9.43. The van der Waals surface area contributed by atoms with Gasteiger partial charge in [-0.05, 0) is 26.1 Å². The van der Waals surface area contributed by atoms with Crippen molar-refractivity contribution in [3.63, 3.8) is 0 Å². The van der Waals surface area contributed by atoms with Crippen LogP contribution in [0.3, 0.4) is 0 Å². The van der Waals surface area contributed by atoms with Crippen LogP contribution in [0.25, 0.3) is 0 Å². The van der Waals surface area contributed by atoms with Crippen molar-refractivity contribution in [1.82, 2.24) is 15.5 Å². The van der Waals surface area contributed by atoms with Crippen molar-refractivity contribution in [2.45, 2.75) is 32.4 Å².